The average molecular weight is 195 g/mol. The van der Waals surface area contributed by atoms with Gasteiger partial charge < -0.3 is 15.9 Å². The monoisotopic (exact) mass is 195 g/mol. The molecular formula is C10H13NO3. The fourth-order valence-corrected chi connectivity index (χ4v) is 1.21. The highest BCUT2D eigenvalue weighted by Gasteiger charge is 2.23. The molecule has 0 fully saturated rings. The molecule has 0 aliphatic rings. The van der Waals surface area contributed by atoms with Gasteiger partial charge in [0.25, 0.3) is 0 Å². The van der Waals surface area contributed by atoms with E-state index in [9.17, 15) is 9.90 Å². The number of nitrogens with two attached hydrogens (primary N) is 1. The van der Waals surface area contributed by atoms with E-state index in [-0.39, 0.29) is 0 Å². The second kappa shape index (κ2) is 4.21. The first-order valence-corrected chi connectivity index (χ1v) is 4.25. The molecule has 0 aliphatic heterocycles. The van der Waals surface area contributed by atoms with Gasteiger partial charge in [0.15, 0.2) is 6.10 Å². The van der Waals surface area contributed by atoms with Crippen molar-refractivity contribution >= 4 is 5.97 Å². The molecule has 0 aromatic heterocycles. The Bertz CT molecular complexity index is 338. The van der Waals surface area contributed by atoms with Crippen LogP contribution < -0.4 is 5.73 Å². The van der Waals surface area contributed by atoms with Gasteiger partial charge in [-0.05, 0) is 12.5 Å². The maximum Gasteiger partial charge on any atom is 0.334 e. The van der Waals surface area contributed by atoms with E-state index in [1.54, 1.807) is 18.2 Å². The molecule has 1 aromatic carbocycles. The Morgan fingerprint density at radius 2 is 2.14 bits per heavy atom. The summed E-state index contributed by atoms with van der Waals surface area (Å²) in [7, 11) is 0. The molecule has 4 nitrogen and oxygen atoms in total. The van der Waals surface area contributed by atoms with Crippen LogP contribution in [0.1, 0.15) is 17.2 Å². The van der Waals surface area contributed by atoms with Gasteiger partial charge in [-0.1, -0.05) is 29.8 Å². The first kappa shape index (κ1) is 10.7. The van der Waals surface area contributed by atoms with Crippen LogP contribution in [0.15, 0.2) is 24.3 Å². The van der Waals surface area contributed by atoms with Gasteiger partial charge in [0.05, 0.1) is 6.04 Å². The molecule has 0 saturated carbocycles. The Hall–Kier alpha value is -1.39. The molecule has 4 N–H and O–H groups in total. The van der Waals surface area contributed by atoms with Crippen molar-refractivity contribution in [1.82, 2.24) is 0 Å². The summed E-state index contributed by atoms with van der Waals surface area (Å²) in [6.07, 6.45) is -1.56. The van der Waals surface area contributed by atoms with Crippen LogP contribution in [0.5, 0.6) is 0 Å². The van der Waals surface area contributed by atoms with Crippen LogP contribution in [-0.2, 0) is 4.79 Å². The zero-order valence-corrected chi connectivity index (χ0v) is 7.84. The largest absolute Gasteiger partial charge is 0.479 e. The fourth-order valence-electron chi connectivity index (χ4n) is 1.21. The van der Waals surface area contributed by atoms with Crippen LogP contribution in [0.25, 0.3) is 0 Å². The van der Waals surface area contributed by atoms with E-state index < -0.39 is 18.1 Å². The van der Waals surface area contributed by atoms with Gasteiger partial charge in [0.2, 0.25) is 0 Å². The number of aliphatic carboxylic acids is 1. The van der Waals surface area contributed by atoms with E-state index >= 15 is 0 Å². The molecule has 0 saturated heterocycles. The third-order valence-electron chi connectivity index (χ3n) is 2.02. The minimum absolute atomic E-state index is 0.625. The highest BCUT2D eigenvalue weighted by Crippen LogP contribution is 2.15. The first-order chi connectivity index (χ1) is 6.52. The third-order valence-corrected chi connectivity index (χ3v) is 2.02. The molecule has 0 aliphatic carbocycles. The number of carboxylic acids is 1. The van der Waals surface area contributed by atoms with Crippen molar-refractivity contribution in [2.75, 3.05) is 0 Å². The molecule has 76 valence electrons. The Morgan fingerprint density at radius 3 is 2.64 bits per heavy atom. The molecular weight excluding hydrogens is 182 g/mol. The number of rotatable bonds is 3. The van der Waals surface area contributed by atoms with E-state index in [1.165, 1.54) is 0 Å². The van der Waals surface area contributed by atoms with Gasteiger partial charge in [-0.25, -0.2) is 4.79 Å². The average Bonchev–Trinajstić information content (AvgIpc) is 2.15. The zero-order chi connectivity index (χ0) is 10.7. The Balaban J connectivity index is 2.89. The van der Waals surface area contributed by atoms with Crippen LogP contribution in [0, 0.1) is 6.92 Å². The van der Waals surface area contributed by atoms with Crippen LogP contribution in [0.4, 0.5) is 0 Å². The summed E-state index contributed by atoms with van der Waals surface area (Å²) >= 11 is 0. The van der Waals surface area contributed by atoms with Crippen molar-refractivity contribution in [1.29, 1.82) is 0 Å². The lowest BCUT2D eigenvalue weighted by Crippen LogP contribution is -2.33. The minimum atomic E-state index is -1.56. The van der Waals surface area contributed by atoms with Crippen LogP contribution in [0.3, 0.4) is 0 Å². The number of benzene rings is 1. The molecule has 0 spiro atoms. The number of carbonyl (C=O) groups is 1. The Kier molecular flexibility index (Phi) is 3.22. The van der Waals surface area contributed by atoms with Gasteiger partial charge in [-0.15, -0.1) is 0 Å². The Morgan fingerprint density at radius 1 is 1.50 bits per heavy atom. The molecule has 0 heterocycles. The topological polar surface area (TPSA) is 83.5 Å². The molecule has 4 heteroatoms. The highest BCUT2D eigenvalue weighted by atomic mass is 16.4. The van der Waals surface area contributed by atoms with Crippen molar-refractivity contribution in [2.45, 2.75) is 19.1 Å². The summed E-state index contributed by atoms with van der Waals surface area (Å²) < 4.78 is 0. The minimum Gasteiger partial charge on any atom is -0.479 e. The van der Waals surface area contributed by atoms with Gasteiger partial charge in [0, 0.05) is 0 Å². The number of carboxylic acid groups (broad SMARTS) is 1. The maximum atomic E-state index is 10.5. The Labute approximate surface area is 82.0 Å². The quantitative estimate of drug-likeness (QED) is 0.653. The molecule has 14 heavy (non-hydrogen) atoms. The van der Waals surface area contributed by atoms with Crippen molar-refractivity contribution in [3.63, 3.8) is 0 Å². The molecule has 0 bridgehead atoms. The molecule has 1 rings (SSSR count). The van der Waals surface area contributed by atoms with Crippen molar-refractivity contribution in [2.24, 2.45) is 5.73 Å². The van der Waals surface area contributed by atoms with Gasteiger partial charge in [0.1, 0.15) is 0 Å². The summed E-state index contributed by atoms with van der Waals surface area (Å²) in [5.74, 6) is -1.31. The number of aryl methyl sites for hydroxylation is 1. The lowest BCUT2D eigenvalue weighted by Gasteiger charge is -2.15. The summed E-state index contributed by atoms with van der Waals surface area (Å²) in [6.45, 7) is 1.88. The third kappa shape index (κ3) is 2.31. The second-order valence-corrected chi connectivity index (χ2v) is 3.22. The van der Waals surface area contributed by atoms with Crippen molar-refractivity contribution < 1.29 is 15.0 Å². The second-order valence-electron chi connectivity index (χ2n) is 3.22. The zero-order valence-electron chi connectivity index (χ0n) is 7.84. The molecule has 0 radical (unpaired) electrons. The van der Waals surface area contributed by atoms with Crippen LogP contribution in [0.2, 0.25) is 0 Å². The molecule has 2 unspecified atom stereocenters. The van der Waals surface area contributed by atoms with Crippen molar-refractivity contribution in [3.8, 4) is 0 Å². The summed E-state index contributed by atoms with van der Waals surface area (Å²) in [5.41, 5.74) is 7.18. The molecule has 1 aromatic rings. The van der Waals surface area contributed by atoms with Gasteiger partial charge >= 0.3 is 5.97 Å². The predicted molar refractivity (Wildman–Crippen MR) is 51.8 cm³/mol. The molecule has 2 atom stereocenters. The van der Waals surface area contributed by atoms with E-state index in [4.69, 9.17) is 10.8 Å². The van der Waals surface area contributed by atoms with Crippen molar-refractivity contribution in [3.05, 3.63) is 35.4 Å². The standard InChI is InChI=1S/C10H13NO3/c1-6-3-2-4-7(5-6)8(11)9(12)10(13)14/h2-5,8-9,12H,11H2,1H3,(H,13,14). The number of aliphatic hydroxyl groups excluding tert-OH is 1. The number of hydrogen-bond acceptors (Lipinski definition) is 3. The molecule has 0 amide bonds. The maximum absolute atomic E-state index is 10.5. The van der Waals surface area contributed by atoms with E-state index in [2.05, 4.69) is 0 Å². The SMILES string of the molecule is Cc1cccc(C(N)C(O)C(=O)O)c1. The predicted octanol–water partition coefficient (Wildman–Crippen LogP) is 0.440. The first-order valence-electron chi connectivity index (χ1n) is 4.25. The lowest BCUT2D eigenvalue weighted by molar-refractivity contribution is -0.147. The summed E-state index contributed by atoms with van der Waals surface area (Å²) in [4.78, 5) is 10.5. The van der Waals surface area contributed by atoms with Crippen LogP contribution in [-0.4, -0.2) is 22.3 Å². The summed E-state index contributed by atoms with van der Waals surface area (Å²) in [6, 6.07) is 6.23. The van der Waals surface area contributed by atoms with Gasteiger partial charge in [-0.2, -0.15) is 0 Å². The van der Waals surface area contributed by atoms with E-state index in [1.807, 2.05) is 13.0 Å². The smallest absolute Gasteiger partial charge is 0.334 e. The number of aliphatic hydroxyl groups is 1. The highest BCUT2D eigenvalue weighted by molar-refractivity contribution is 5.73. The fraction of sp³-hybridized carbons (Fsp3) is 0.300. The van der Waals surface area contributed by atoms with E-state index in [0.29, 0.717) is 5.56 Å². The normalized spacial score (nSPS) is 14.8. The van der Waals surface area contributed by atoms with Crippen LogP contribution >= 0.6 is 0 Å². The lowest BCUT2D eigenvalue weighted by atomic mass is 10.0. The number of hydrogen-bond donors (Lipinski definition) is 3. The summed E-state index contributed by atoms with van der Waals surface area (Å²) in [5, 5.41) is 17.8. The van der Waals surface area contributed by atoms with E-state index in [0.717, 1.165) is 5.56 Å². The van der Waals surface area contributed by atoms with Gasteiger partial charge in [-0.3, -0.25) is 0 Å².